The van der Waals surface area contributed by atoms with E-state index in [9.17, 15) is 14.4 Å². The van der Waals surface area contributed by atoms with Gasteiger partial charge in [0.1, 0.15) is 13.2 Å². The molecule has 466 valence electrons. The first kappa shape index (κ1) is 77.3. The zero-order chi connectivity index (χ0) is 58.5. The van der Waals surface area contributed by atoms with Crippen LogP contribution in [0.3, 0.4) is 0 Å². The molecule has 0 spiro atoms. The van der Waals surface area contributed by atoms with Crippen LogP contribution in [-0.2, 0) is 28.6 Å². The standard InChI is InChI=1S/C75H130O6/c1-4-7-10-13-16-19-22-25-27-29-31-33-34-35-36-37-38-39-40-42-43-45-47-50-53-56-59-62-65-68-74(77)80-71-72(70-79-73(76)67-64-61-58-55-52-49-24-21-18-15-12-9-6-3)81-75(78)69-66-63-60-57-54-51-48-46-44-41-32-30-28-26-23-20-17-14-11-8-5-2/h7,10,16,19,25,27,30-33,35-36,38-39,42-43,72H,4-6,8-9,11-15,17-18,20-24,26,28-29,34,37,40-41,44-71H2,1-3H3/b10-7-,19-16-,27-25-,32-30-,33-31-,36-35-,39-38-,43-42-. The quantitative estimate of drug-likeness (QED) is 0.0261. The Morgan fingerprint density at radius 2 is 0.481 bits per heavy atom. The highest BCUT2D eigenvalue weighted by Crippen LogP contribution is 2.17. The van der Waals surface area contributed by atoms with E-state index < -0.39 is 6.10 Å². The van der Waals surface area contributed by atoms with Crippen LogP contribution < -0.4 is 0 Å². The molecule has 0 saturated carbocycles. The summed E-state index contributed by atoms with van der Waals surface area (Å²) in [7, 11) is 0. The molecule has 0 fully saturated rings. The number of hydrogen-bond acceptors (Lipinski definition) is 6. The van der Waals surface area contributed by atoms with Crippen LogP contribution in [0.2, 0.25) is 0 Å². The van der Waals surface area contributed by atoms with Gasteiger partial charge in [0.2, 0.25) is 0 Å². The summed E-state index contributed by atoms with van der Waals surface area (Å²) in [6.45, 7) is 6.55. The van der Waals surface area contributed by atoms with Crippen molar-refractivity contribution in [3.05, 3.63) is 97.2 Å². The van der Waals surface area contributed by atoms with Crippen molar-refractivity contribution in [2.45, 2.75) is 348 Å². The second-order valence-electron chi connectivity index (χ2n) is 23.1. The van der Waals surface area contributed by atoms with Gasteiger partial charge in [0, 0.05) is 19.3 Å². The minimum atomic E-state index is -0.783. The average molecular weight is 1130 g/mol. The largest absolute Gasteiger partial charge is 0.462 e. The molecule has 1 atom stereocenters. The summed E-state index contributed by atoms with van der Waals surface area (Å²) in [6, 6.07) is 0. The van der Waals surface area contributed by atoms with Gasteiger partial charge in [0.05, 0.1) is 0 Å². The molecular formula is C75H130O6. The highest BCUT2D eigenvalue weighted by atomic mass is 16.6. The number of esters is 3. The summed E-state index contributed by atoms with van der Waals surface area (Å²) >= 11 is 0. The van der Waals surface area contributed by atoms with Gasteiger partial charge in [-0.25, -0.2) is 0 Å². The number of carbonyl (C=O) groups excluding carboxylic acids is 3. The van der Waals surface area contributed by atoms with Gasteiger partial charge in [0.15, 0.2) is 6.10 Å². The molecule has 0 bridgehead atoms. The molecule has 6 heteroatoms. The smallest absolute Gasteiger partial charge is 0.306 e. The van der Waals surface area contributed by atoms with Gasteiger partial charge >= 0.3 is 17.9 Å². The topological polar surface area (TPSA) is 78.9 Å². The van der Waals surface area contributed by atoms with Gasteiger partial charge in [-0.15, -0.1) is 0 Å². The molecule has 0 rings (SSSR count). The van der Waals surface area contributed by atoms with Crippen LogP contribution in [0.1, 0.15) is 342 Å². The molecule has 0 heterocycles. The van der Waals surface area contributed by atoms with Gasteiger partial charge in [-0.05, 0) is 103 Å². The van der Waals surface area contributed by atoms with E-state index in [1.165, 1.54) is 193 Å². The van der Waals surface area contributed by atoms with Crippen LogP contribution in [0, 0.1) is 0 Å². The number of unbranched alkanes of at least 4 members (excludes halogenated alkanes) is 36. The highest BCUT2D eigenvalue weighted by Gasteiger charge is 2.19. The van der Waals surface area contributed by atoms with E-state index in [0.717, 1.165) is 109 Å². The van der Waals surface area contributed by atoms with Gasteiger partial charge in [-0.3, -0.25) is 14.4 Å². The normalized spacial score (nSPS) is 12.7. The predicted octanol–water partition coefficient (Wildman–Crippen LogP) is 24.0. The summed E-state index contributed by atoms with van der Waals surface area (Å²) in [4.78, 5) is 38.4. The third-order valence-corrected chi connectivity index (χ3v) is 15.1. The van der Waals surface area contributed by atoms with Crippen LogP contribution in [0.4, 0.5) is 0 Å². The lowest BCUT2D eigenvalue weighted by Gasteiger charge is -2.18. The first-order valence-electron chi connectivity index (χ1n) is 34.7. The van der Waals surface area contributed by atoms with E-state index in [-0.39, 0.29) is 31.1 Å². The summed E-state index contributed by atoms with van der Waals surface area (Å²) in [6.07, 6.45) is 92.8. The first-order chi connectivity index (χ1) is 40.0. The molecule has 0 aliphatic carbocycles. The Kier molecular flexibility index (Phi) is 65.7. The van der Waals surface area contributed by atoms with Crippen LogP contribution >= 0.6 is 0 Å². The Bertz CT molecular complexity index is 1580. The van der Waals surface area contributed by atoms with Crippen molar-refractivity contribution in [2.75, 3.05) is 13.2 Å². The molecule has 0 aliphatic rings. The van der Waals surface area contributed by atoms with Crippen molar-refractivity contribution < 1.29 is 28.6 Å². The lowest BCUT2D eigenvalue weighted by Crippen LogP contribution is -2.30. The Hall–Kier alpha value is -3.67. The van der Waals surface area contributed by atoms with Crippen molar-refractivity contribution in [3.8, 4) is 0 Å². The van der Waals surface area contributed by atoms with E-state index in [2.05, 4.69) is 118 Å². The maximum Gasteiger partial charge on any atom is 0.306 e. The molecule has 0 amide bonds. The molecule has 6 nitrogen and oxygen atoms in total. The highest BCUT2D eigenvalue weighted by molar-refractivity contribution is 5.71. The lowest BCUT2D eigenvalue weighted by atomic mass is 10.0. The third kappa shape index (κ3) is 67.0. The molecule has 0 aromatic rings. The number of hydrogen-bond donors (Lipinski definition) is 0. The number of ether oxygens (including phenoxy) is 3. The molecule has 0 aromatic heterocycles. The number of rotatable bonds is 63. The Morgan fingerprint density at radius 1 is 0.259 bits per heavy atom. The molecule has 81 heavy (non-hydrogen) atoms. The monoisotopic (exact) mass is 1130 g/mol. The van der Waals surface area contributed by atoms with Gasteiger partial charge in [-0.1, -0.05) is 317 Å². The zero-order valence-corrected chi connectivity index (χ0v) is 53.5. The fourth-order valence-electron chi connectivity index (χ4n) is 9.89. The van der Waals surface area contributed by atoms with Crippen molar-refractivity contribution in [2.24, 2.45) is 0 Å². The van der Waals surface area contributed by atoms with Crippen molar-refractivity contribution in [3.63, 3.8) is 0 Å². The van der Waals surface area contributed by atoms with Gasteiger partial charge in [0.25, 0.3) is 0 Å². The van der Waals surface area contributed by atoms with E-state index in [0.29, 0.717) is 19.3 Å². The number of carbonyl (C=O) groups is 3. The summed E-state index contributed by atoms with van der Waals surface area (Å²) in [5.74, 6) is -0.876. The second-order valence-corrected chi connectivity index (χ2v) is 23.1. The van der Waals surface area contributed by atoms with E-state index in [4.69, 9.17) is 14.2 Å². The Morgan fingerprint density at radius 3 is 0.765 bits per heavy atom. The van der Waals surface area contributed by atoms with Gasteiger partial charge < -0.3 is 14.2 Å². The zero-order valence-electron chi connectivity index (χ0n) is 53.5. The van der Waals surface area contributed by atoms with Crippen molar-refractivity contribution in [1.82, 2.24) is 0 Å². The van der Waals surface area contributed by atoms with Crippen LogP contribution in [0.15, 0.2) is 97.2 Å². The second kappa shape index (κ2) is 68.8. The molecule has 0 saturated heterocycles. The fourth-order valence-corrected chi connectivity index (χ4v) is 9.89. The maximum atomic E-state index is 12.9. The lowest BCUT2D eigenvalue weighted by molar-refractivity contribution is -0.167. The van der Waals surface area contributed by atoms with Crippen molar-refractivity contribution in [1.29, 1.82) is 0 Å². The van der Waals surface area contributed by atoms with E-state index in [1.54, 1.807) is 0 Å². The third-order valence-electron chi connectivity index (χ3n) is 15.1. The summed E-state index contributed by atoms with van der Waals surface area (Å²) < 4.78 is 17.0. The molecule has 0 radical (unpaired) electrons. The Labute approximate surface area is 502 Å². The first-order valence-corrected chi connectivity index (χ1v) is 34.7. The SMILES string of the molecule is CC/C=C\C/C=C\C/C=C\C/C=C\C/C=C\C/C=C\C/C=C\CCCCCCCCCC(=O)OCC(COC(=O)CCCCCCCCCCCCCCC)OC(=O)CCCCCCCCCCC/C=C\CCCCCCCCCC. The maximum absolute atomic E-state index is 12.9. The predicted molar refractivity (Wildman–Crippen MR) is 353 cm³/mol. The number of allylic oxidation sites excluding steroid dienone is 16. The van der Waals surface area contributed by atoms with E-state index in [1.807, 2.05) is 0 Å². The van der Waals surface area contributed by atoms with Crippen molar-refractivity contribution >= 4 is 17.9 Å². The van der Waals surface area contributed by atoms with Crippen LogP contribution in [0.5, 0.6) is 0 Å². The minimum absolute atomic E-state index is 0.0782. The molecule has 0 N–H and O–H groups in total. The molecule has 1 unspecified atom stereocenters. The molecule has 0 aromatic carbocycles. The molecule has 0 aliphatic heterocycles. The van der Waals surface area contributed by atoms with E-state index >= 15 is 0 Å². The van der Waals surface area contributed by atoms with Gasteiger partial charge in [-0.2, -0.15) is 0 Å². The fraction of sp³-hybridized carbons (Fsp3) is 0.747. The summed E-state index contributed by atoms with van der Waals surface area (Å²) in [5.41, 5.74) is 0. The Balaban J connectivity index is 4.32. The van der Waals surface area contributed by atoms with Crippen LogP contribution in [-0.4, -0.2) is 37.2 Å². The van der Waals surface area contributed by atoms with Crippen LogP contribution in [0.25, 0.3) is 0 Å². The minimum Gasteiger partial charge on any atom is -0.462 e. The summed E-state index contributed by atoms with van der Waals surface area (Å²) in [5, 5.41) is 0. The average Bonchev–Trinajstić information content (AvgIpc) is 3.46. The molecular weight excluding hydrogens is 997 g/mol.